The molecular formula is C12H22N2O3. The van der Waals surface area contributed by atoms with Crippen LogP contribution < -0.4 is 10.6 Å². The van der Waals surface area contributed by atoms with Crippen LogP contribution in [-0.2, 0) is 4.79 Å². The summed E-state index contributed by atoms with van der Waals surface area (Å²) in [6.45, 7) is 2.55. The highest BCUT2D eigenvalue weighted by Gasteiger charge is 2.20. The Bertz CT molecular complexity index is 262. The lowest BCUT2D eigenvalue weighted by Gasteiger charge is -2.16. The van der Waals surface area contributed by atoms with E-state index in [4.69, 9.17) is 5.11 Å². The Balaban J connectivity index is 2.23. The highest BCUT2D eigenvalue weighted by molar-refractivity contribution is 5.82. The number of hydrogen-bond donors (Lipinski definition) is 3. The highest BCUT2D eigenvalue weighted by atomic mass is 16.4. The number of carboxylic acids is 1. The molecule has 1 saturated carbocycles. The van der Waals surface area contributed by atoms with Crippen LogP contribution in [0.4, 0.5) is 4.79 Å². The van der Waals surface area contributed by atoms with Crippen molar-refractivity contribution in [1.29, 1.82) is 0 Å². The standard InChI is InChI=1S/C12H22N2O3/c1-2-5-10(11(15)16)14-12(17)13-8-9-6-3-4-7-9/h9-10H,2-8H2,1H3,(H,15,16)(H2,13,14,17). The minimum atomic E-state index is -0.970. The Morgan fingerprint density at radius 1 is 1.35 bits per heavy atom. The average Bonchev–Trinajstić information content (AvgIpc) is 2.78. The molecule has 3 N–H and O–H groups in total. The smallest absolute Gasteiger partial charge is 0.326 e. The van der Waals surface area contributed by atoms with E-state index in [1.165, 1.54) is 12.8 Å². The number of hydrogen-bond acceptors (Lipinski definition) is 2. The molecule has 0 bridgehead atoms. The predicted octanol–water partition coefficient (Wildman–Crippen LogP) is 1.73. The third-order valence-electron chi connectivity index (χ3n) is 3.21. The molecule has 0 radical (unpaired) electrons. The van der Waals surface area contributed by atoms with Gasteiger partial charge in [-0.2, -0.15) is 0 Å². The van der Waals surface area contributed by atoms with Crippen LogP contribution in [-0.4, -0.2) is 29.7 Å². The number of carbonyl (C=O) groups excluding carboxylic acids is 1. The Morgan fingerprint density at radius 2 is 2.00 bits per heavy atom. The van der Waals surface area contributed by atoms with Crippen LogP contribution in [0.3, 0.4) is 0 Å². The molecule has 2 amide bonds. The molecule has 0 aliphatic heterocycles. The van der Waals surface area contributed by atoms with Gasteiger partial charge in [0.05, 0.1) is 0 Å². The fourth-order valence-corrected chi connectivity index (χ4v) is 2.21. The van der Waals surface area contributed by atoms with Gasteiger partial charge in [-0.3, -0.25) is 0 Å². The maximum Gasteiger partial charge on any atom is 0.326 e. The second-order valence-corrected chi connectivity index (χ2v) is 4.68. The molecule has 98 valence electrons. The Labute approximate surface area is 102 Å². The van der Waals surface area contributed by atoms with Crippen molar-refractivity contribution in [2.24, 2.45) is 5.92 Å². The average molecular weight is 242 g/mol. The summed E-state index contributed by atoms with van der Waals surface area (Å²) in [5.74, 6) is -0.405. The molecule has 1 aliphatic rings. The zero-order valence-corrected chi connectivity index (χ0v) is 10.4. The summed E-state index contributed by atoms with van der Waals surface area (Å²) in [7, 11) is 0. The third-order valence-corrected chi connectivity index (χ3v) is 3.21. The summed E-state index contributed by atoms with van der Waals surface area (Å²) in [5, 5.41) is 14.1. The first kappa shape index (κ1) is 13.8. The van der Waals surface area contributed by atoms with E-state index in [1.807, 2.05) is 6.92 Å². The van der Waals surface area contributed by atoms with Gasteiger partial charge in [-0.05, 0) is 25.2 Å². The number of carbonyl (C=O) groups is 2. The SMILES string of the molecule is CCCC(NC(=O)NCC1CCCC1)C(=O)O. The molecule has 5 nitrogen and oxygen atoms in total. The van der Waals surface area contributed by atoms with Crippen LogP contribution in [0.1, 0.15) is 45.4 Å². The highest BCUT2D eigenvalue weighted by Crippen LogP contribution is 2.23. The van der Waals surface area contributed by atoms with E-state index in [0.717, 1.165) is 19.3 Å². The van der Waals surface area contributed by atoms with Gasteiger partial charge < -0.3 is 15.7 Å². The zero-order valence-electron chi connectivity index (χ0n) is 10.4. The van der Waals surface area contributed by atoms with E-state index in [2.05, 4.69) is 10.6 Å². The lowest BCUT2D eigenvalue weighted by molar-refractivity contribution is -0.139. The van der Waals surface area contributed by atoms with Crippen LogP contribution >= 0.6 is 0 Å². The molecule has 17 heavy (non-hydrogen) atoms. The van der Waals surface area contributed by atoms with Gasteiger partial charge in [-0.1, -0.05) is 26.2 Å². The van der Waals surface area contributed by atoms with E-state index in [9.17, 15) is 9.59 Å². The molecule has 5 heteroatoms. The van der Waals surface area contributed by atoms with E-state index in [1.54, 1.807) is 0 Å². The van der Waals surface area contributed by atoms with Gasteiger partial charge in [-0.15, -0.1) is 0 Å². The van der Waals surface area contributed by atoms with E-state index >= 15 is 0 Å². The second-order valence-electron chi connectivity index (χ2n) is 4.68. The predicted molar refractivity (Wildman–Crippen MR) is 64.8 cm³/mol. The number of aliphatic carboxylic acids is 1. The van der Waals surface area contributed by atoms with Gasteiger partial charge in [0.1, 0.15) is 6.04 Å². The van der Waals surface area contributed by atoms with E-state index < -0.39 is 12.0 Å². The number of urea groups is 1. The van der Waals surface area contributed by atoms with Crippen molar-refractivity contribution in [2.45, 2.75) is 51.5 Å². The topological polar surface area (TPSA) is 78.4 Å². The molecule has 0 aromatic heterocycles. The first-order chi connectivity index (χ1) is 8.13. The quantitative estimate of drug-likeness (QED) is 0.663. The van der Waals surface area contributed by atoms with Crippen molar-refractivity contribution in [3.05, 3.63) is 0 Å². The Hall–Kier alpha value is -1.26. The molecule has 1 atom stereocenters. The maximum atomic E-state index is 11.5. The lowest BCUT2D eigenvalue weighted by atomic mass is 10.1. The molecular weight excluding hydrogens is 220 g/mol. The van der Waals surface area contributed by atoms with Crippen molar-refractivity contribution >= 4 is 12.0 Å². The van der Waals surface area contributed by atoms with Gasteiger partial charge in [0.25, 0.3) is 0 Å². The molecule has 0 aromatic carbocycles. The Morgan fingerprint density at radius 3 is 2.53 bits per heavy atom. The van der Waals surface area contributed by atoms with Gasteiger partial charge in [-0.25, -0.2) is 9.59 Å². The van der Waals surface area contributed by atoms with E-state index in [-0.39, 0.29) is 6.03 Å². The number of rotatable bonds is 6. The monoisotopic (exact) mass is 242 g/mol. The molecule has 0 saturated heterocycles. The van der Waals surface area contributed by atoms with Crippen LogP contribution in [0.15, 0.2) is 0 Å². The fraction of sp³-hybridized carbons (Fsp3) is 0.833. The zero-order chi connectivity index (χ0) is 12.7. The second kappa shape index (κ2) is 7.14. The minimum absolute atomic E-state index is 0.363. The number of amides is 2. The van der Waals surface area contributed by atoms with Crippen molar-refractivity contribution < 1.29 is 14.7 Å². The molecule has 1 aliphatic carbocycles. The summed E-state index contributed by atoms with van der Waals surface area (Å²) < 4.78 is 0. The summed E-state index contributed by atoms with van der Waals surface area (Å²) in [6.07, 6.45) is 6.00. The van der Waals surface area contributed by atoms with Crippen molar-refractivity contribution in [3.63, 3.8) is 0 Å². The van der Waals surface area contributed by atoms with Crippen molar-refractivity contribution in [2.75, 3.05) is 6.54 Å². The molecule has 0 heterocycles. The van der Waals surface area contributed by atoms with Crippen molar-refractivity contribution in [3.8, 4) is 0 Å². The van der Waals surface area contributed by atoms with E-state index in [0.29, 0.717) is 18.9 Å². The molecule has 1 rings (SSSR count). The molecule has 1 unspecified atom stereocenters. The Kier molecular flexibility index (Phi) is 5.80. The van der Waals surface area contributed by atoms with Gasteiger partial charge in [0.2, 0.25) is 0 Å². The van der Waals surface area contributed by atoms with Crippen LogP contribution in [0.2, 0.25) is 0 Å². The minimum Gasteiger partial charge on any atom is -0.480 e. The molecule has 0 spiro atoms. The number of carboxylic acid groups (broad SMARTS) is 1. The third kappa shape index (κ3) is 5.06. The number of nitrogens with one attached hydrogen (secondary N) is 2. The summed E-state index contributed by atoms with van der Waals surface area (Å²) in [5.41, 5.74) is 0. The first-order valence-corrected chi connectivity index (χ1v) is 6.40. The van der Waals surface area contributed by atoms with Crippen LogP contribution in [0, 0.1) is 5.92 Å². The summed E-state index contributed by atoms with van der Waals surface area (Å²) >= 11 is 0. The van der Waals surface area contributed by atoms with Crippen LogP contribution in [0.5, 0.6) is 0 Å². The molecule has 0 aromatic rings. The summed E-state index contributed by atoms with van der Waals surface area (Å²) in [6, 6.07) is -1.14. The normalized spacial score (nSPS) is 17.7. The van der Waals surface area contributed by atoms with Crippen molar-refractivity contribution in [1.82, 2.24) is 10.6 Å². The van der Waals surface area contributed by atoms with Crippen LogP contribution in [0.25, 0.3) is 0 Å². The fourth-order valence-electron chi connectivity index (χ4n) is 2.21. The summed E-state index contributed by atoms with van der Waals surface area (Å²) in [4.78, 5) is 22.3. The first-order valence-electron chi connectivity index (χ1n) is 6.40. The van der Waals surface area contributed by atoms with Gasteiger partial charge in [0, 0.05) is 6.54 Å². The maximum absolute atomic E-state index is 11.5. The lowest BCUT2D eigenvalue weighted by Crippen LogP contribution is -2.46. The van der Waals surface area contributed by atoms with Gasteiger partial charge >= 0.3 is 12.0 Å². The largest absolute Gasteiger partial charge is 0.480 e. The molecule has 1 fully saturated rings. The van der Waals surface area contributed by atoms with Gasteiger partial charge in [0.15, 0.2) is 0 Å².